The number of methoxy groups -OCH3 is 5. The second-order valence-corrected chi connectivity index (χ2v) is 9.32. The lowest BCUT2D eigenvalue weighted by molar-refractivity contribution is 0.0955. The Morgan fingerprint density at radius 3 is 1.87 bits per heavy atom. The normalized spacial score (nSPS) is 10.6. The number of ether oxygens (including phenoxy) is 5. The van der Waals surface area contributed by atoms with Crippen LogP contribution >= 0.6 is 11.8 Å². The first-order valence-corrected chi connectivity index (χ1v) is 13.1. The van der Waals surface area contributed by atoms with Crippen molar-refractivity contribution >= 4 is 17.7 Å². The average Bonchev–Trinajstić information content (AvgIpc) is 3.42. The van der Waals surface area contributed by atoms with Crippen LogP contribution in [0.3, 0.4) is 0 Å². The third-order valence-electron chi connectivity index (χ3n) is 5.98. The molecule has 1 heterocycles. The van der Waals surface area contributed by atoms with E-state index < -0.39 is 0 Å². The maximum absolute atomic E-state index is 12.8. The summed E-state index contributed by atoms with van der Waals surface area (Å²) in [5.74, 6) is 3.19. The van der Waals surface area contributed by atoms with E-state index in [0.29, 0.717) is 35.1 Å². The van der Waals surface area contributed by atoms with Crippen molar-refractivity contribution in [2.24, 2.45) is 0 Å². The van der Waals surface area contributed by atoms with E-state index in [4.69, 9.17) is 28.7 Å². The molecule has 3 aromatic carbocycles. The fourth-order valence-electron chi connectivity index (χ4n) is 3.97. The fourth-order valence-corrected chi connectivity index (χ4v) is 4.70. The zero-order valence-corrected chi connectivity index (χ0v) is 23.3. The minimum absolute atomic E-state index is 0.243. The van der Waals surface area contributed by atoms with E-state index in [9.17, 15) is 4.79 Å². The lowest BCUT2D eigenvalue weighted by atomic mass is 10.0. The van der Waals surface area contributed by atoms with E-state index >= 15 is 0 Å². The van der Waals surface area contributed by atoms with Crippen LogP contribution in [-0.2, 0) is 0 Å². The number of imidazole rings is 1. The first kappa shape index (κ1) is 27.7. The predicted molar refractivity (Wildman–Crippen MR) is 152 cm³/mol. The van der Waals surface area contributed by atoms with Gasteiger partial charge in [0.25, 0.3) is 5.91 Å². The SMILES string of the molecule is COc1ccc(-c2nc(SCCNC(=O)c3cc(OC)c(OC)c(OC)c3)[nH]c2-c2ccc(OC)cc2)cc1. The first-order chi connectivity index (χ1) is 19.0. The summed E-state index contributed by atoms with van der Waals surface area (Å²) in [7, 11) is 7.83. The number of aromatic nitrogens is 2. The van der Waals surface area contributed by atoms with Gasteiger partial charge in [0, 0.05) is 29.0 Å². The Labute approximate surface area is 231 Å². The number of thioether (sulfide) groups is 1. The molecule has 39 heavy (non-hydrogen) atoms. The van der Waals surface area contributed by atoms with E-state index in [1.807, 2.05) is 48.5 Å². The second kappa shape index (κ2) is 13.0. The number of benzene rings is 3. The molecule has 10 heteroatoms. The number of carbonyl (C=O) groups is 1. The Morgan fingerprint density at radius 1 is 0.795 bits per heavy atom. The second-order valence-electron chi connectivity index (χ2n) is 8.24. The van der Waals surface area contributed by atoms with Crippen LogP contribution in [0.2, 0.25) is 0 Å². The van der Waals surface area contributed by atoms with Gasteiger partial charge >= 0.3 is 0 Å². The number of rotatable bonds is 12. The van der Waals surface area contributed by atoms with Gasteiger partial charge in [0.1, 0.15) is 11.5 Å². The van der Waals surface area contributed by atoms with Gasteiger partial charge in [0.05, 0.1) is 46.9 Å². The third-order valence-corrected chi connectivity index (χ3v) is 6.85. The molecular formula is C29H31N3O6S. The van der Waals surface area contributed by atoms with Crippen molar-refractivity contribution in [3.8, 4) is 51.3 Å². The van der Waals surface area contributed by atoms with Crippen LogP contribution in [0.5, 0.6) is 28.7 Å². The van der Waals surface area contributed by atoms with E-state index in [-0.39, 0.29) is 5.91 Å². The van der Waals surface area contributed by atoms with Crippen molar-refractivity contribution in [1.82, 2.24) is 15.3 Å². The largest absolute Gasteiger partial charge is 0.497 e. The van der Waals surface area contributed by atoms with Crippen LogP contribution in [0.4, 0.5) is 0 Å². The lowest BCUT2D eigenvalue weighted by Crippen LogP contribution is -2.25. The van der Waals surface area contributed by atoms with E-state index in [0.717, 1.165) is 39.2 Å². The minimum atomic E-state index is -0.243. The molecule has 0 saturated heterocycles. The van der Waals surface area contributed by atoms with Crippen LogP contribution in [0.15, 0.2) is 65.8 Å². The molecule has 0 aliphatic rings. The maximum atomic E-state index is 12.8. The Hall–Kier alpha value is -4.31. The van der Waals surface area contributed by atoms with Gasteiger partial charge in [-0.15, -0.1) is 0 Å². The van der Waals surface area contributed by atoms with Gasteiger partial charge in [-0.3, -0.25) is 4.79 Å². The van der Waals surface area contributed by atoms with Crippen LogP contribution in [0.1, 0.15) is 10.4 Å². The van der Waals surface area contributed by atoms with Gasteiger partial charge in [0.15, 0.2) is 16.7 Å². The number of amides is 1. The Bertz CT molecular complexity index is 1310. The molecule has 0 aliphatic carbocycles. The molecule has 0 spiro atoms. The molecule has 1 aromatic heterocycles. The topological polar surface area (TPSA) is 104 Å². The number of hydrogen-bond acceptors (Lipinski definition) is 8. The minimum Gasteiger partial charge on any atom is -0.497 e. The first-order valence-electron chi connectivity index (χ1n) is 12.1. The summed E-state index contributed by atoms with van der Waals surface area (Å²) >= 11 is 1.52. The number of hydrogen-bond donors (Lipinski definition) is 2. The van der Waals surface area contributed by atoms with Gasteiger partial charge in [-0.05, 0) is 60.7 Å². The summed E-state index contributed by atoms with van der Waals surface area (Å²) in [5, 5.41) is 3.68. The Balaban J connectivity index is 1.48. The van der Waals surface area contributed by atoms with Crippen LogP contribution in [0, 0.1) is 0 Å². The summed E-state index contributed by atoms with van der Waals surface area (Å²) in [6, 6.07) is 18.8. The van der Waals surface area contributed by atoms with Gasteiger partial charge in [0.2, 0.25) is 5.75 Å². The molecule has 0 aliphatic heterocycles. The molecule has 4 rings (SSSR count). The van der Waals surface area contributed by atoms with Crippen molar-refractivity contribution in [2.75, 3.05) is 47.8 Å². The van der Waals surface area contributed by atoms with Crippen molar-refractivity contribution in [1.29, 1.82) is 0 Å². The molecule has 0 unspecified atom stereocenters. The highest BCUT2D eigenvalue weighted by Gasteiger charge is 2.18. The third kappa shape index (κ3) is 6.40. The highest BCUT2D eigenvalue weighted by Crippen LogP contribution is 2.38. The smallest absolute Gasteiger partial charge is 0.251 e. The standard InChI is InChI=1S/C29H31N3O6S/c1-34-21-10-6-18(7-11-21)25-26(19-8-12-22(35-2)13-9-19)32-29(31-25)39-15-14-30-28(33)20-16-23(36-3)27(38-5)24(17-20)37-4/h6-13,16-17H,14-15H2,1-5H3,(H,30,33)(H,31,32). The van der Waals surface area contributed by atoms with E-state index in [1.165, 1.54) is 33.1 Å². The Kier molecular flexibility index (Phi) is 9.22. The highest BCUT2D eigenvalue weighted by atomic mass is 32.2. The van der Waals surface area contributed by atoms with Gasteiger partial charge in [-0.1, -0.05) is 11.8 Å². The maximum Gasteiger partial charge on any atom is 0.251 e. The molecule has 0 atom stereocenters. The summed E-state index contributed by atoms with van der Waals surface area (Å²) in [6.45, 7) is 0.427. The molecular weight excluding hydrogens is 518 g/mol. The zero-order chi connectivity index (χ0) is 27.8. The molecule has 9 nitrogen and oxygen atoms in total. The zero-order valence-electron chi connectivity index (χ0n) is 22.5. The highest BCUT2D eigenvalue weighted by molar-refractivity contribution is 7.99. The lowest BCUT2D eigenvalue weighted by Gasteiger charge is -2.14. The summed E-state index contributed by atoms with van der Waals surface area (Å²) in [4.78, 5) is 21.1. The average molecular weight is 550 g/mol. The molecule has 4 aromatic rings. The van der Waals surface area contributed by atoms with Crippen molar-refractivity contribution < 1.29 is 28.5 Å². The molecule has 2 N–H and O–H groups in total. The summed E-state index contributed by atoms with van der Waals surface area (Å²) in [6.07, 6.45) is 0. The fraction of sp³-hybridized carbons (Fsp3) is 0.241. The summed E-state index contributed by atoms with van der Waals surface area (Å²) < 4.78 is 26.6. The van der Waals surface area contributed by atoms with Gasteiger partial charge in [-0.2, -0.15) is 0 Å². The predicted octanol–water partition coefficient (Wildman–Crippen LogP) is 5.31. The summed E-state index contributed by atoms with van der Waals surface area (Å²) in [5.41, 5.74) is 4.08. The van der Waals surface area contributed by atoms with E-state index in [1.54, 1.807) is 26.4 Å². The quantitative estimate of drug-likeness (QED) is 0.181. The number of H-pyrrole nitrogens is 1. The molecule has 1 amide bonds. The monoisotopic (exact) mass is 549 g/mol. The van der Waals surface area contributed by atoms with E-state index in [2.05, 4.69) is 10.3 Å². The number of nitrogens with one attached hydrogen (secondary N) is 2. The number of aromatic amines is 1. The number of nitrogens with zero attached hydrogens (tertiary/aromatic N) is 1. The Morgan fingerprint density at radius 2 is 1.36 bits per heavy atom. The molecule has 0 bridgehead atoms. The van der Waals surface area contributed by atoms with Gasteiger partial charge < -0.3 is 34.0 Å². The molecule has 0 fully saturated rings. The molecule has 0 radical (unpaired) electrons. The van der Waals surface area contributed by atoms with Crippen LogP contribution < -0.4 is 29.0 Å². The van der Waals surface area contributed by atoms with Crippen molar-refractivity contribution in [3.05, 3.63) is 66.2 Å². The van der Waals surface area contributed by atoms with Crippen LogP contribution in [0.25, 0.3) is 22.5 Å². The number of carbonyl (C=O) groups excluding carboxylic acids is 1. The van der Waals surface area contributed by atoms with Gasteiger partial charge in [-0.25, -0.2) is 4.98 Å². The van der Waals surface area contributed by atoms with Crippen molar-refractivity contribution in [2.45, 2.75) is 5.16 Å². The molecule has 204 valence electrons. The molecule has 0 saturated carbocycles. The van der Waals surface area contributed by atoms with Crippen molar-refractivity contribution in [3.63, 3.8) is 0 Å². The van der Waals surface area contributed by atoms with Crippen LogP contribution in [-0.4, -0.2) is 63.7 Å².